The highest BCUT2D eigenvalue weighted by Crippen LogP contribution is 2.39. The van der Waals surface area contributed by atoms with Crippen molar-refractivity contribution >= 4 is 29.3 Å². The molecule has 0 bridgehead atoms. The number of dihydropyridines is 1. The van der Waals surface area contributed by atoms with E-state index in [4.69, 9.17) is 14.7 Å². The van der Waals surface area contributed by atoms with E-state index in [-0.39, 0.29) is 13.2 Å². The lowest BCUT2D eigenvalue weighted by Crippen LogP contribution is -2.32. The van der Waals surface area contributed by atoms with Crippen LogP contribution < -0.4 is 16.0 Å². The van der Waals surface area contributed by atoms with Gasteiger partial charge in [-0.05, 0) is 69.7 Å². The van der Waals surface area contributed by atoms with Crippen molar-refractivity contribution in [3.8, 4) is 6.07 Å². The molecule has 2 aromatic rings. The second-order valence-electron chi connectivity index (χ2n) is 7.97. The number of hydrogen-bond acceptors (Lipinski definition) is 7. The highest BCUT2D eigenvalue weighted by molar-refractivity contribution is 6.01. The topological polar surface area (TPSA) is 130 Å². The van der Waals surface area contributed by atoms with Crippen LogP contribution in [0.2, 0.25) is 0 Å². The van der Waals surface area contributed by atoms with E-state index in [0.717, 1.165) is 0 Å². The molecule has 1 aliphatic heterocycles. The fourth-order valence-corrected chi connectivity index (χ4v) is 3.97. The first-order valence-electron chi connectivity index (χ1n) is 11.5. The number of rotatable bonds is 7. The van der Waals surface area contributed by atoms with Crippen molar-refractivity contribution in [2.24, 2.45) is 0 Å². The zero-order valence-corrected chi connectivity index (χ0v) is 20.6. The third-order valence-electron chi connectivity index (χ3n) is 5.52. The monoisotopic (exact) mass is 488 g/mol. The number of anilines is 2. The SMILES string of the molecule is CCOC(=O)C1=C(C)NC(C)=C(C(=O)OCC)C1c1ccc(NC(=O)Nc2ccc(C#N)cc2)cc1. The number of esters is 2. The maximum Gasteiger partial charge on any atom is 0.336 e. The predicted octanol–water partition coefficient (Wildman–Crippen LogP) is 4.56. The Kier molecular flexibility index (Phi) is 8.47. The first-order valence-corrected chi connectivity index (χ1v) is 11.5. The van der Waals surface area contributed by atoms with Gasteiger partial charge in [0, 0.05) is 22.8 Å². The third-order valence-corrected chi connectivity index (χ3v) is 5.52. The molecule has 2 amide bonds. The molecule has 3 rings (SSSR count). The van der Waals surface area contributed by atoms with Gasteiger partial charge in [-0.2, -0.15) is 5.26 Å². The lowest BCUT2D eigenvalue weighted by Gasteiger charge is -2.30. The summed E-state index contributed by atoms with van der Waals surface area (Å²) in [6, 6.07) is 14.9. The van der Waals surface area contributed by atoms with Crippen molar-refractivity contribution in [1.82, 2.24) is 5.32 Å². The molecule has 1 heterocycles. The third kappa shape index (κ3) is 5.91. The van der Waals surface area contributed by atoms with E-state index < -0.39 is 23.9 Å². The van der Waals surface area contributed by atoms with E-state index in [1.165, 1.54) is 0 Å². The number of carbonyl (C=O) groups is 3. The fraction of sp³-hybridized carbons (Fsp3) is 0.259. The van der Waals surface area contributed by atoms with Crippen LogP contribution in [0.15, 0.2) is 71.1 Å². The maximum atomic E-state index is 12.9. The molecule has 0 saturated carbocycles. The number of urea groups is 1. The van der Waals surface area contributed by atoms with Crippen LogP contribution in [0.25, 0.3) is 0 Å². The Labute approximate surface area is 209 Å². The van der Waals surface area contributed by atoms with E-state index in [2.05, 4.69) is 16.0 Å². The number of amides is 2. The molecular formula is C27H28N4O5. The molecular weight excluding hydrogens is 460 g/mol. The molecule has 1 aliphatic rings. The van der Waals surface area contributed by atoms with Crippen LogP contribution in [-0.4, -0.2) is 31.2 Å². The molecule has 0 spiro atoms. The second-order valence-corrected chi connectivity index (χ2v) is 7.97. The van der Waals surface area contributed by atoms with E-state index in [1.807, 2.05) is 6.07 Å². The number of nitrogens with zero attached hydrogens (tertiary/aromatic N) is 1. The van der Waals surface area contributed by atoms with Gasteiger partial charge in [-0.1, -0.05) is 12.1 Å². The van der Waals surface area contributed by atoms with Gasteiger partial charge in [0.05, 0.1) is 41.9 Å². The van der Waals surface area contributed by atoms with Crippen LogP contribution in [-0.2, 0) is 19.1 Å². The summed E-state index contributed by atoms with van der Waals surface area (Å²) in [5.41, 5.74) is 4.04. The Morgan fingerprint density at radius 2 is 1.28 bits per heavy atom. The number of hydrogen-bond donors (Lipinski definition) is 3. The van der Waals surface area contributed by atoms with Gasteiger partial charge >= 0.3 is 18.0 Å². The number of ether oxygens (including phenoxy) is 2. The normalized spacial score (nSPS) is 13.4. The van der Waals surface area contributed by atoms with Gasteiger partial charge in [-0.15, -0.1) is 0 Å². The van der Waals surface area contributed by atoms with Crippen LogP contribution in [0.5, 0.6) is 0 Å². The Hall–Kier alpha value is -4.58. The first kappa shape index (κ1) is 26.0. The minimum atomic E-state index is -0.703. The van der Waals surface area contributed by atoms with Gasteiger partial charge < -0.3 is 25.4 Å². The van der Waals surface area contributed by atoms with Gasteiger partial charge in [0.2, 0.25) is 0 Å². The lowest BCUT2D eigenvalue weighted by molar-refractivity contribution is -0.139. The minimum absolute atomic E-state index is 0.191. The predicted molar refractivity (Wildman–Crippen MR) is 135 cm³/mol. The summed E-state index contributed by atoms with van der Waals surface area (Å²) in [5, 5.41) is 17.4. The molecule has 0 aromatic heterocycles. The fourth-order valence-electron chi connectivity index (χ4n) is 3.97. The number of benzene rings is 2. The molecule has 0 aliphatic carbocycles. The second kappa shape index (κ2) is 11.7. The van der Waals surface area contributed by atoms with Gasteiger partial charge in [-0.25, -0.2) is 14.4 Å². The Balaban J connectivity index is 1.87. The van der Waals surface area contributed by atoms with Crippen LogP contribution in [0.4, 0.5) is 16.2 Å². The maximum absolute atomic E-state index is 12.9. The van der Waals surface area contributed by atoms with Gasteiger partial charge in [0.25, 0.3) is 0 Å². The van der Waals surface area contributed by atoms with Crippen molar-refractivity contribution in [1.29, 1.82) is 5.26 Å². The molecule has 0 radical (unpaired) electrons. The molecule has 3 N–H and O–H groups in total. The Bertz CT molecular complexity index is 1210. The Morgan fingerprint density at radius 3 is 1.69 bits per heavy atom. The zero-order chi connectivity index (χ0) is 26.2. The van der Waals surface area contributed by atoms with Crippen LogP contribution in [0.1, 0.15) is 44.7 Å². The summed E-state index contributed by atoms with van der Waals surface area (Å²) in [4.78, 5) is 38.1. The number of nitrogens with one attached hydrogen (secondary N) is 3. The average molecular weight is 489 g/mol. The van der Waals surface area contributed by atoms with Crippen molar-refractivity contribution in [2.75, 3.05) is 23.8 Å². The van der Waals surface area contributed by atoms with Gasteiger partial charge in [0.1, 0.15) is 0 Å². The highest BCUT2D eigenvalue weighted by atomic mass is 16.5. The molecule has 36 heavy (non-hydrogen) atoms. The average Bonchev–Trinajstić information content (AvgIpc) is 2.84. The van der Waals surface area contributed by atoms with Crippen LogP contribution in [0, 0.1) is 11.3 Å². The van der Waals surface area contributed by atoms with Crippen molar-refractivity contribution in [3.05, 3.63) is 82.2 Å². The summed E-state index contributed by atoms with van der Waals surface area (Å²) in [6.45, 7) is 7.34. The van der Waals surface area contributed by atoms with E-state index >= 15 is 0 Å². The molecule has 9 nitrogen and oxygen atoms in total. The quantitative estimate of drug-likeness (QED) is 0.487. The zero-order valence-electron chi connectivity index (χ0n) is 20.6. The molecule has 0 fully saturated rings. The minimum Gasteiger partial charge on any atom is -0.463 e. The largest absolute Gasteiger partial charge is 0.463 e. The molecule has 0 unspecified atom stereocenters. The van der Waals surface area contributed by atoms with Crippen LogP contribution >= 0.6 is 0 Å². The van der Waals surface area contributed by atoms with Crippen LogP contribution in [0.3, 0.4) is 0 Å². The first-order chi connectivity index (χ1) is 17.3. The molecule has 2 aromatic carbocycles. The van der Waals surface area contributed by atoms with Gasteiger partial charge in [0.15, 0.2) is 0 Å². The summed E-state index contributed by atoms with van der Waals surface area (Å²) >= 11 is 0. The van der Waals surface area contributed by atoms with Crippen molar-refractivity contribution in [3.63, 3.8) is 0 Å². The van der Waals surface area contributed by atoms with E-state index in [1.54, 1.807) is 76.2 Å². The lowest BCUT2D eigenvalue weighted by atomic mass is 9.80. The van der Waals surface area contributed by atoms with E-state index in [0.29, 0.717) is 45.0 Å². The summed E-state index contributed by atoms with van der Waals surface area (Å²) in [5.74, 6) is -1.75. The molecule has 186 valence electrons. The molecule has 0 atom stereocenters. The number of carbonyl (C=O) groups excluding carboxylic acids is 3. The summed E-state index contributed by atoms with van der Waals surface area (Å²) < 4.78 is 10.6. The number of nitriles is 1. The number of allylic oxidation sites excluding steroid dienone is 2. The highest BCUT2D eigenvalue weighted by Gasteiger charge is 2.37. The standard InChI is InChI=1S/C27H28N4O5/c1-5-35-25(32)22-16(3)29-17(4)23(26(33)36-6-2)24(22)19-9-13-21(14-10-19)31-27(34)30-20-11-7-18(15-28)8-12-20/h7-14,24,29H,5-6H2,1-4H3,(H2,30,31,34). The summed E-state index contributed by atoms with van der Waals surface area (Å²) in [6.07, 6.45) is 0. The Morgan fingerprint density at radius 1 is 0.833 bits per heavy atom. The smallest absolute Gasteiger partial charge is 0.336 e. The molecule has 0 saturated heterocycles. The summed E-state index contributed by atoms with van der Waals surface area (Å²) in [7, 11) is 0. The van der Waals surface area contributed by atoms with E-state index in [9.17, 15) is 14.4 Å². The van der Waals surface area contributed by atoms with Gasteiger partial charge in [-0.3, -0.25) is 0 Å². The van der Waals surface area contributed by atoms with Crippen molar-refractivity contribution < 1.29 is 23.9 Å². The molecule has 9 heteroatoms. The van der Waals surface area contributed by atoms with Crippen molar-refractivity contribution in [2.45, 2.75) is 33.6 Å².